The summed E-state index contributed by atoms with van der Waals surface area (Å²) in [5.41, 5.74) is 2.93. The zero-order valence-corrected chi connectivity index (χ0v) is 15.1. The van der Waals surface area contributed by atoms with Crippen molar-refractivity contribution >= 4 is 34.9 Å². The summed E-state index contributed by atoms with van der Waals surface area (Å²) in [6, 6.07) is 14.9. The van der Waals surface area contributed by atoms with Gasteiger partial charge in [-0.3, -0.25) is 9.59 Å². The number of nitrogens with one attached hydrogen (secondary N) is 1. The molecule has 0 radical (unpaired) electrons. The van der Waals surface area contributed by atoms with E-state index in [1.165, 1.54) is 6.08 Å². The fourth-order valence-corrected chi connectivity index (χ4v) is 3.03. The van der Waals surface area contributed by atoms with Crippen LogP contribution < -0.4 is 10.2 Å². The lowest BCUT2D eigenvalue weighted by Crippen LogP contribution is -2.28. The van der Waals surface area contributed by atoms with Crippen molar-refractivity contribution in [3.8, 4) is 0 Å². The number of amides is 1. The summed E-state index contributed by atoms with van der Waals surface area (Å²) in [7, 11) is 0. The number of fused-ring (bicyclic) bond motifs is 1. The predicted octanol–water partition coefficient (Wildman–Crippen LogP) is 4.14. The van der Waals surface area contributed by atoms with Crippen molar-refractivity contribution in [3.05, 3.63) is 70.9 Å². The second kappa shape index (κ2) is 8.06. The van der Waals surface area contributed by atoms with E-state index in [1.54, 1.807) is 17.9 Å². The van der Waals surface area contributed by atoms with E-state index in [0.29, 0.717) is 23.9 Å². The highest BCUT2D eigenvalue weighted by Crippen LogP contribution is 2.32. The van der Waals surface area contributed by atoms with Gasteiger partial charge in [-0.25, -0.2) is 0 Å². The number of hydrogen-bond donors (Lipinski definition) is 1. The number of nitrogens with zero attached hydrogens (tertiary/aromatic N) is 1. The Balaban J connectivity index is 1.92. The zero-order chi connectivity index (χ0) is 18.5. The van der Waals surface area contributed by atoms with E-state index < -0.39 is 0 Å². The summed E-state index contributed by atoms with van der Waals surface area (Å²) in [6.45, 7) is 2.43. The van der Waals surface area contributed by atoms with Gasteiger partial charge in [0.1, 0.15) is 0 Å². The first kappa shape index (κ1) is 18.0. The molecule has 0 bridgehead atoms. The van der Waals surface area contributed by atoms with E-state index >= 15 is 0 Å². The van der Waals surface area contributed by atoms with Crippen molar-refractivity contribution in [2.45, 2.75) is 19.9 Å². The SMILES string of the molecule is CCOC(=O)CC1=CC(=O)N(Cc2cccc(Cl)c2)c2ccccc2N1. The molecular weight excluding hydrogens is 352 g/mol. The predicted molar refractivity (Wildman–Crippen MR) is 102 cm³/mol. The summed E-state index contributed by atoms with van der Waals surface area (Å²) in [6.07, 6.45) is 1.46. The van der Waals surface area contributed by atoms with Crippen molar-refractivity contribution in [1.29, 1.82) is 0 Å². The molecule has 3 rings (SSSR count). The fourth-order valence-electron chi connectivity index (χ4n) is 2.81. The number of carbonyl (C=O) groups excluding carboxylic acids is 2. The summed E-state index contributed by atoms with van der Waals surface area (Å²) >= 11 is 6.06. The topological polar surface area (TPSA) is 58.6 Å². The normalized spacial score (nSPS) is 13.4. The van der Waals surface area contributed by atoms with Crippen LogP contribution in [0.1, 0.15) is 18.9 Å². The van der Waals surface area contributed by atoms with Gasteiger partial charge in [-0.2, -0.15) is 0 Å². The minimum atomic E-state index is -0.375. The first-order valence-corrected chi connectivity index (χ1v) is 8.73. The molecule has 1 heterocycles. The maximum atomic E-state index is 12.8. The van der Waals surface area contributed by atoms with Crippen molar-refractivity contribution < 1.29 is 14.3 Å². The van der Waals surface area contributed by atoms with E-state index in [9.17, 15) is 9.59 Å². The standard InChI is InChI=1S/C20H19ClN2O3/c1-2-26-20(25)12-16-11-19(24)23(13-14-6-5-7-15(21)10-14)18-9-4-3-8-17(18)22-16/h3-11,22H,2,12-13H2,1H3. The Morgan fingerprint density at radius 2 is 2.00 bits per heavy atom. The summed E-state index contributed by atoms with van der Waals surface area (Å²) in [5, 5.41) is 3.80. The molecule has 0 saturated carbocycles. The molecule has 1 aliphatic heterocycles. The van der Waals surface area contributed by atoms with Gasteiger partial charge in [-0.15, -0.1) is 0 Å². The molecule has 2 aromatic rings. The third kappa shape index (κ3) is 4.24. The van der Waals surface area contributed by atoms with Gasteiger partial charge in [0, 0.05) is 16.8 Å². The third-order valence-corrected chi connectivity index (χ3v) is 4.16. The van der Waals surface area contributed by atoms with Crippen molar-refractivity contribution in [1.82, 2.24) is 0 Å². The Kier molecular flexibility index (Phi) is 5.58. The van der Waals surface area contributed by atoms with Gasteiger partial charge in [-0.1, -0.05) is 35.9 Å². The van der Waals surface area contributed by atoms with Crippen LogP contribution >= 0.6 is 11.6 Å². The number of carbonyl (C=O) groups is 2. The molecule has 0 saturated heterocycles. The smallest absolute Gasteiger partial charge is 0.311 e. The number of esters is 1. The molecule has 0 spiro atoms. The lowest BCUT2D eigenvalue weighted by Gasteiger charge is -2.22. The Hall–Kier alpha value is -2.79. The number of rotatable bonds is 5. The third-order valence-electron chi connectivity index (χ3n) is 3.92. The van der Waals surface area contributed by atoms with Gasteiger partial charge in [0.05, 0.1) is 30.9 Å². The molecule has 1 aliphatic rings. The van der Waals surface area contributed by atoms with Crippen LogP contribution in [0.5, 0.6) is 0 Å². The highest BCUT2D eigenvalue weighted by molar-refractivity contribution is 6.30. The first-order chi connectivity index (χ1) is 12.6. The van der Waals surface area contributed by atoms with Crippen LogP contribution in [0.3, 0.4) is 0 Å². The molecule has 0 aromatic heterocycles. The Morgan fingerprint density at radius 3 is 2.77 bits per heavy atom. The van der Waals surface area contributed by atoms with Gasteiger partial charge >= 0.3 is 5.97 Å². The average Bonchev–Trinajstić information content (AvgIpc) is 2.72. The zero-order valence-electron chi connectivity index (χ0n) is 14.4. The number of hydrogen-bond acceptors (Lipinski definition) is 4. The quantitative estimate of drug-likeness (QED) is 0.804. The van der Waals surface area contributed by atoms with Gasteiger partial charge in [0.2, 0.25) is 0 Å². The first-order valence-electron chi connectivity index (χ1n) is 8.35. The number of ether oxygens (including phenoxy) is 1. The summed E-state index contributed by atoms with van der Waals surface area (Å²) < 4.78 is 4.98. The van der Waals surface area contributed by atoms with Crippen molar-refractivity contribution in [2.24, 2.45) is 0 Å². The number of anilines is 2. The Morgan fingerprint density at radius 1 is 1.19 bits per heavy atom. The molecule has 0 aliphatic carbocycles. The largest absolute Gasteiger partial charge is 0.466 e. The molecular formula is C20H19ClN2O3. The molecule has 6 heteroatoms. The molecule has 0 atom stereocenters. The minimum Gasteiger partial charge on any atom is -0.466 e. The van der Waals surface area contributed by atoms with Crippen LogP contribution in [0.4, 0.5) is 11.4 Å². The lowest BCUT2D eigenvalue weighted by atomic mass is 10.2. The maximum absolute atomic E-state index is 12.8. The lowest BCUT2D eigenvalue weighted by molar-refractivity contribution is -0.142. The van der Waals surface area contributed by atoms with Crippen LogP contribution in [0.15, 0.2) is 60.3 Å². The monoisotopic (exact) mass is 370 g/mol. The highest BCUT2D eigenvalue weighted by Gasteiger charge is 2.23. The molecule has 5 nitrogen and oxygen atoms in total. The van der Waals surface area contributed by atoms with E-state index in [1.807, 2.05) is 42.5 Å². The van der Waals surface area contributed by atoms with Gasteiger partial charge in [-0.05, 0) is 36.8 Å². The molecule has 1 amide bonds. The molecule has 26 heavy (non-hydrogen) atoms. The van der Waals surface area contributed by atoms with E-state index in [2.05, 4.69) is 5.32 Å². The van der Waals surface area contributed by atoms with Crippen molar-refractivity contribution in [3.63, 3.8) is 0 Å². The van der Waals surface area contributed by atoms with Crippen LogP contribution in [-0.4, -0.2) is 18.5 Å². The molecule has 0 fully saturated rings. The van der Waals surface area contributed by atoms with Gasteiger partial charge in [0.15, 0.2) is 0 Å². The Labute approximate surface area is 157 Å². The van der Waals surface area contributed by atoms with Crippen molar-refractivity contribution in [2.75, 3.05) is 16.8 Å². The number of benzene rings is 2. The molecule has 1 N–H and O–H groups in total. The van der Waals surface area contributed by atoms with E-state index in [4.69, 9.17) is 16.3 Å². The van der Waals surface area contributed by atoms with E-state index in [0.717, 1.165) is 16.9 Å². The van der Waals surface area contributed by atoms with Crippen LogP contribution in [0.25, 0.3) is 0 Å². The second-order valence-corrected chi connectivity index (χ2v) is 6.28. The van der Waals surface area contributed by atoms with E-state index in [-0.39, 0.29) is 18.3 Å². The van der Waals surface area contributed by atoms with Crippen LogP contribution in [0, 0.1) is 0 Å². The second-order valence-electron chi connectivity index (χ2n) is 5.85. The highest BCUT2D eigenvalue weighted by atomic mass is 35.5. The average molecular weight is 371 g/mol. The maximum Gasteiger partial charge on any atom is 0.311 e. The number of para-hydroxylation sites is 2. The van der Waals surface area contributed by atoms with Crippen LogP contribution in [-0.2, 0) is 20.9 Å². The minimum absolute atomic E-state index is 0.0128. The molecule has 134 valence electrons. The van der Waals surface area contributed by atoms with Crippen LogP contribution in [0.2, 0.25) is 5.02 Å². The van der Waals surface area contributed by atoms with Gasteiger partial charge < -0.3 is 15.0 Å². The summed E-state index contributed by atoms with van der Waals surface area (Å²) in [5.74, 6) is -0.582. The fraction of sp³-hybridized carbons (Fsp3) is 0.200. The molecule has 2 aromatic carbocycles. The number of halogens is 1. The Bertz CT molecular complexity index is 864. The summed E-state index contributed by atoms with van der Waals surface area (Å²) in [4.78, 5) is 26.3. The molecule has 0 unspecified atom stereocenters. The van der Waals surface area contributed by atoms with Gasteiger partial charge in [0.25, 0.3) is 5.91 Å².